The zero-order chi connectivity index (χ0) is 20.1. The van der Waals surface area contributed by atoms with Crippen molar-refractivity contribution in [1.29, 1.82) is 0 Å². The molecule has 0 saturated carbocycles. The van der Waals surface area contributed by atoms with E-state index >= 15 is 0 Å². The Morgan fingerprint density at radius 2 is 2.07 bits per heavy atom. The summed E-state index contributed by atoms with van der Waals surface area (Å²) in [5.74, 6) is 1.00. The summed E-state index contributed by atoms with van der Waals surface area (Å²) in [6.45, 7) is 1.98. The number of amides is 1. The molecule has 1 unspecified atom stereocenters. The lowest BCUT2D eigenvalue weighted by molar-refractivity contribution is -0.128. The number of nitrogens with zero attached hydrogens (tertiary/aromatic N) is 4. The molecule has 28 heavy (non-hydrogen) atoms. The number of halogens is 1. The average molecular weight is 417 g/mol. The molecule has 0 aliphatic carbocycles. The van der Waals surface area contributed by atoms with Crippen LogP contribution in [-0.2, 0) is 4.79 Å². The van der Waals surface area contributed by atoms with E-state index in [-0.39, 0.29) is 17.7 Å². The molecule has 0 bridgehead atoms. The third-order valence-corrected chi connectivity index (χ3v) is 5.65. The predicted octanol–water partition coefficient (Wildman–Crippen LogP) is 4.24. The van der Waals surface area contributed by atoms with E-state index in [1.165, 1.54) is 11.8 Å². The van der Waals surface area contributed by atoms with Crippen LogP contribution in [0.1, 0.15) is 18.5 Å². The minimum atomic E-state index is -0.116. The fourth-order valence-corrected chi connectivity index (χ4v) is 3.83. The van der Waals surface area contributed by atoms with Crippen molar-refractivity contribution in [3.8, 4) is 11.4 Å². The second-order valence-electron chi connectivity index (χ2n) is 6.17. The molecular formula is C20H21ClN4O2S. The number of methoxy groups -OCH3 is 1. The molecule has 146 valence electrons. The van der Waals surface area contributed by atoms with Crippen molar-refractivity contribution in [2.45, 2.75) is 18.1 Å². The highest BCUT2D eigenvalue weighted by Crippen LogP contribution is 2.29. The first-order chi connectivity index (χ1) is 13.5. The molecule has 1 aromatic heterocycles. The molecule has 0 aliphatic heterocycles. The Kier molecular flexibility index (Phi) is 6.59. The van der Waals surface area contributed by atoms with Crippen molar-refractivity contribution >= 4 is 29.3 Å². The van der Waals surface area contributed by atoms with Gasteiger partial charge in [0.05, 0.1) is 24.6 Å². The highest BCUT2D eigenvalue weighted by molar-refractivity contribution is 7.99. The molecule has 0 spiro atoms. The lowest BCUT2D eigenvalue weighted by atomic mass is 10.1. The van der Waals surface area contributed by atoms with Crippen LogP contribution in [0.4, 0.5) is 0 Å². The van der Waals surface area contributed by atoms with Gasteiger partial charge in [0.1, 0.15) is 12.1 Å². The Bertz CT molecular complexity index is 963. The van der Waals surface area contributed by atoms with Gasteiger partial charge in [-0.15, -0.1) is 10.2 Å². The fraction of sp³-hybridized carbons (Fsp3) is 0.250. The molecule has 1 atom stereocenters. The van der Waals surface area contributed by atoms with Crippen LogP contribution in [0.2, 0.25) is 5.02 Å². The lowest BCUT2D eigenvalue weighted by Crippen LogP contribution is -2.31. The molecule has 2 aromatic carbocycles. The van der Waals surface area contributed by atoms with Gasteiger partial charge < -0.3 is 9.64 Å². The quantitative estimate of drug-likeness (QED) is 0.539. The van der Waals surface area contributed by atoms with Gasteiger partial charge in [-0.2, -0.15) is 0 Å². The van der Waals surface area contributed by atoms with Gasteiger partial charge in [0.25, 0.3) is 0 Å². The summed E-state index contributed by atoms with van der Waals surface area (Å²) in [6, 6.07) is 15.0. The zero-order valence-electron chi connectivity index (χ0n) is 15.9. The van der Waals surface area contributed by atoms with Crippen LogP contribution in [0.5, 0.6) is 5.75 Å². The summed E-state index contributed by atoms with van der Waals surface area (Å²) >= 11 is 7.41. The van der Waals surface area contributed by atoms with Crippen LogP contribution in [0, 0.1) is 0 Å². The Labute approximate surface area is 173 Å². The molecule has 0 saturated heterocycles. The standard InChI is InChI=1S/C20H21ClN4O2S/c1-14(17-9-4-5-10-18(17)27-3)24(2)19(26)12-28-20-23-22-13-25(20)16-8-6-7-15(21)11-16/h4-11,13-14H,12H2,1-3H3. The Morgan fingerprint density at radius 3 is 2.82 bits per heavy atom. The van der Waals surface area contributed by atoms with Crippen LogP contribution >= 0.6 is 23.4 Å². The van der Waals surface area contributed by atoms with E-state index in [4.69, 9.17) is 16.3 Å². The smallest absolute Gasteiger partial charge is 0.233 e. The van der Waals surface area contributed by atoms with E-state index < -0.39 is 0 Å². The maximum atomic E-state index is 12.7. The van der Waals surface area contributed by atoms with Gasteiger partial charge in [-0.05, 0) is 31.2 Å². The van der Waals surface area contributed by atoms with Crippen molar-refractivity contribution in [2.24, 2.45) is 0 Å². The average Bonchev–Trinajstić information content (AvgIpc) is 3.19. The number of aromatic nitrogens is 3. The SMILES string of the molecule is COc1ccccc1C(C)N(C)C(=O)CSc1nncn1-c1cccc(Cl)c1. The summed E-state index contributed by atoms with van der Waals surface area (Å²) in [5, 5.41) is 9.35. The van der Waals surface area contributed by atoms with E-state index in [9.17, 15) is 4.79 Å². The summed E-state index contributed by atoms with van der Waals surface area (Å²) < 4.78 is 7.23. The number of carbonyl (C=O) groups is 1. The summed E-state index contributed by atoms with van der Waals surface area (Å²) in [4.78, 5) is 14.5. The van der Waals surface area contributed by atoms with E-state index in [0.717, 1.165) is 17.0 Å². The summed E-state index contributed by atoms with van der Waals surface area (Å²) in [5.41, 5.74) is 1.82. The topological polar surface area (TPSA) is 60.2 Å². The Balaban J connectivity index is 1.68. The molecule has 6 nitrogen and oxygen atoms in total. The van der Waals surface area contributed by atoms with Crippen molar-refractivity contribution in [2.75, 3.05) is 19.9 Å². The maximum absolute atomic E-state index is 12.7. The number of benzene rings is 2. The number of carbonyl (C=O) groups excluding carboxylic acids is 1. The molecule has 3 aromatic rings. The van der Waals surface area contributed by atoms with Crippen molar-refractivity contribution < 1.29 is 9.53 Å². The first-order valence-corrected chi connectivity index (χ1v) is 10.0. The van der Waals surface area contributed by atoms with E-state index in [1.54, 1.807) is 31.5 Å². The largest absolute Gasteiger partial charge is 0.496 e. The van der Waals surface area contributed by atoms with Gasteiger partial charge in [0, 0.05) is 17.6 Å². The van der Waals surface area contributed by atoms with E-state index in [1.807, 2.05) is 54.0 Å². The Hall–Kier alpha value is -2.51. The third-order valence-electron chi connectivity index (χ3n) is 4.49. The first-order valence-electron chi connectivity index (χ1n) is 8.68. The molecule has 1 heterocycles. The lowest BCUT2D eigenvalue weighted by Gasteiger charge is -2.26. The van der Waals surface area contributed by atoms with Crippen LogP contribution in [0.3, 0.4) is 0 Å². The van der Waals surface area contributed by atoms with Gasteiger partial charge in [0.2, 0.25) is 5.91 Å². The minimum absolute atomic E-state index is 0.0101. The summed E-state index contributed by atoms with van der Waals surface area (Å²) in [6.07, 6.45) is 1.61. The highest BCUT2D eigenvalue weighted by Gasteiger charge is 2.21. The molecule has 0 radical (unpaired) electrons. The van der Waals surface area contributed by atoms with Crippen molar-refractivity contribution in [3.05, 3.63) is 65.4 Å². The number of ether oxygens (including phenoxy) is 1. The molecule has 0 N–H and O–H groups in total. The molecule has 3 rings (SSSR count). The number of hydrogen-bond donors (Lipinski definition) is 0. The number of rotatable bonds is 7. The minimum Gasteiger partial charge on any atom is -0.496 e. The Morgan fingerprint density at radius 1 is 1.29 bits per heavy atom. The van der Waals surface area contributed by atoms with Crippen molar-refractivity contribution in [1.82, 2.24) is 19.7 Å². The van der Waals surface area contributed by atoms with Gasteiger partial charge in [0.15, 0.2) is 5.16 Å². The first kappa shape index (κ1) is 20.2. The molecular weight excluding hydrogens is 396 g/mol. The van der Waals surface area contributed by atoms with E-state index in [0.29, 0.717) is 10.2 Å². The van der Waals surface area contributed by atoms with E-state index in [2.05, 4.69) is 10.2 Å². The normalized spacial score (nSPS) is 11.9. The van der Waals surface area contributed by atoms with Crippen LogP contribution in [-0.4, -0.2) is 45.5 Å². The summed E-state index contributed by atoms with van der Waals surface area (Å²) in [7, 11) is 3.42. The zero-order valence-corrected chi connectivity index (χ0v) is 17.4. The molecule has 8 heteroatoms. The second kappa shape index (κ2) is 9.12. The maximum Gasteiger partial charge on any atom is 0.233 e. The van der Waals surface area contributed by atoms with Gasteiger partial charge in [-0.1, -0.05) is 47.6 Å². The molecule has 1 amide bonds. The number of para-hydroxylation sites is 1. The fourth-order valence-electron chi connectivity index (χ4n) is 2.79. The molecule has 0 aliphatic rings. The highest BCUT2D eigenvalue weighted by atomic mass is 35.5. The van der Waals surface area contributed by atoms with Gasteiger partial charge in [-0.25, -0.2) is 0 Å². The van der Waals surface area contributed by atoms with Crippen LogP contribution in [0.15, 0.2) is 60.0 Å². The number of hydrogen-bond acceptors (Lipinski definition) is 5. The van der Waals surface area contributed by atoms with Crippen molar-refractivity contribution in [3.63, 3.8) is 0 Å². The monoisotopic (exact) mass is 416 g/mol. The van der Waals surface area contributed by atoms with Gasteiger partial charge in [-0.3, -0.25) is 9.36 Å². The van der Waals surface area contributed by atoms with Gasteiger partial charge >= 0.3 is 0 Å². The third kappa shape index (κ3) is 4.48. The predicted molar refractivity (Wildman–Crippen MR) is 111 cm³/mol. The molecule has 0 fully saturated rings. The second-order valence-corrected chi connectivity index (χ2v) is 7.55. The number of thioether (sulfide) groups is 1. The van der Waals surface area contributed by atoms with Crippen LogP contribution in [0.25, 0.3) is 5.69 Å². The van der Waals surface area contributed by atoms with Crippen LogP contribution < -0.4 is 4.74 Å².